The van der Waals surface area contributed by atoms with Crippen LogP contribution in [0.4, 0.5) is 0 Å². The van der Waals surface area contributed by atoms with E-state index in [0.717, 1.165) is 0 Å². The molecule has 0 saturated heterocycles. The van der Waals surface area contributed by atoms with Gasteiger partial charge in [0, 0.05) is 5.54 Å². The molecule has 0 amide bonds. The van der Waals surface area contributed by atoms with Gasteiger partial charge in [-0.3, -0.25) is 0 Å². The first kappa shape index (κ1) is 14.1. The van der Waals surface area contributed by atoms with Crippen LogP contribution in [0.2, 0.25) is 5.54 Å². The summed E-state index contributed by atoms with van der Waals surface area (Å²) >= 11 is 0. The molecule has 106 valence electrons. The normalized spacial score (nSPS) is 18.3. The zero-order valence-electron chi connectivity index (χ0n) is 13.0. The molecule has 0 radical (unpaired) electrons. The van der Waals surface area contributed by atoms with Crippen molar-refractivity contribution in [1.82, 2.24) is 0 Å². The van der Waals surface area contributed by atoms with Crippen LogP contribution in [-0.4, -0.2) is 8.80 Å². The van der Waals surface area contributed by atoms with Crippen LogP contribution in [0, 0.1) is 0 Å². The van der Waals surface area contributed by atoms with Gasteiger partial charge in [0.25, 0.3) is 0 Å². The summed E-state index contributed by atoms with van der Waals surface area (Å²) in [5.74, 6) is 0. The minimum absolute atomic E-state index is 0.620. The predicted molar refractivity (Wildman–Crippen MR) is 95.2 cm³/mol. The fourth-order valence-electron chi connectivity index (χ4n) is 3.54. The minimum Gasteiger partial charge on any atom is -0.0682 e. The molecule has 1 heteroatoms. The lowest BCUT2D eigenvalue weighted by molar-refractivity contribution is 1.11. The summed E-state index contributed by atoms with van der Waals surface area (Å²) in [6.07, 6.45) is 2.38. The van der Waals surface area contributed by atoms with E-state index < -0.39 is 8.80 Å². The van der Waals surface area contributed by atoms with E-state index >= 15 is 0 Å². The maximum absolute atomic E-state index is 2.38. The molecule has 0 nitrogen and oxygen atoms in total. The Morgan fingerprint density at radius 3 is 1.57 bits per heavy atom. The first-order valence-electron chi connectivity index (χ1n) is 7.64. The summed E-state index contributed by atoms with van der Waals surface area (Å²) in [5.41, 5.74) is 5.18. The Kier molecular flexibility index (Phi) is 3.93. The lowest BCUT2D eigenvalue weighted by Gasteiger charge is -2.26. The fraction of sp³-hybridized carbons (Fsp3) is 0.200. The highest BCUT2D eigenvalue weighted by atomic mass is 28.3. The zero-order valence-corrected chi connectivity index (χ0v) is 14.2. The molecule has 1 aliphatic rings. The van der Waals surface area contributed by atoms with Gasteiger partial charge >= 0.3 is 0 Å². The van der Waals surface area contributed by atoms with Crippen LogP contribution in [0.25, 0.3) is 0 Å². The van der Waals surface area contributed by atoms with Crippen LogP contribution in [0.5, 0.6) is 0 Å². The van der Waals surface area contributed by atoms with Crippen LogP contribution in [0.1, 0.15) is 20.8 Å². The summed E-state index contributed by atoms with van der Waals surface area (Å²) in [5, 5.41) is 3.08. The highest BCUT2D eigenvalue weighted by molar-refractivity contribution is 6.87. The van der Waals surface area contributed by atoms with Gasteiger partial charge in [0.05, 0.1) is 0 Å². The van der Waals surface area contributed by atoms with E-state index in [1.54, 1.807) is 5.57 Å². The molecule has 0 bridgehead atoms. The van der Waals surface area contributed by atoms with Gasteiger partial charge in [-0.25, -0.2) is 0 Å². The van der Waals surface area contributed by atoms with Crippen molar-refractivity contribution in [3.05, 3.63) is 83.5 Å². The quantitative estimate of drug-likeness (QED) is 0.756. The molecule has 0 spiro atoms. The fourth-order valence-corrected chi connectivity index (χ4v) is 7.36. The number of hydrogen-bond donors (Lipinski definition) is 0. The molecule has 0 aromatic heterocycles. The van der Waals surface area contributed by atoms with Gasteiger partial charge in [-0.2, -0.15) is 0 Å². The highest BCUT2D eigenvalue weighted by Crippen LogP contribution is 2.38. The zero-order chi connectivity index (χ0) is 14.8. The van der Waals surface area contributed by atoms with E-state index in [1.807, 2.05) is 0 Å². The molecule has 2 aromatic carbocycles. The smallest absolute Gasteiger partial charge is 0.0682 e. The lowest BCUT2D eigenvalue weighted by atomic mass is 10.1. The molecule has 1 atom stereocenters. The van der Waals surface area contributed by atoms with Crippen LogP contribution in [-0.2, 0) is 0 Å². The van der Waals surface area contributed by atoms with Crippen molar-refractivity contribution in [2.75, 3.05) is 0 Å². The minimum atomic E-state index is -1.28. The van der Waals surface area contributed by atoms with E-state index in [1.165, 1.54) is 21.5 Å². The first-order chi connectivity index (χ1) is 10.2. The molecule has 1 unspecified atom stereocenters. The Morgan fingerprint density at radius 1 is 0.714 bits per heavy atom. The van der Waals surface area contributed by atoms with E-state index in [-0.39, 0.29) is 0 Å². The number of allylic oxidation sites excluding steroid dienone is 4. The molecule has 0 aliphatic heterocycles. The standard InChI is InChI=1S/C20H22Si/c1-15-14-16(2)20(17(15)3)21(18-10-6-4-7-11-18)19-12-8-5-9-13-19/h4-14,20-21H,1-3H3. The second-order valence-electron chi connectivity index (χ2n) is 6.03. The summed E-state index contributed by atoms with van der Waals surface area (Å²) in [4.78, 5) is 0. The molecule has 1 aliphatic carbocycles. The van der Waals surface area contributed by atoms with Gasteiger partial charge in [-0.1, -0.05) is 93.8 Å². The first-order valence-corrected chi connectivity index (χ1v) is 9.46. The van der Waals surface area contributed by atoms with E-state index in [9.17, 15) is 0 Å². The Bertz CT molecular complexity index is 641. The Morgan fingerprint density at radius 2 is 1.19 bits per heavy atom. The van der Waals surface area contributed by atoms with Crippen molar-refractivity contribution in [3.63, 3.8) is 0 Å². The molecular weight excluding hydrogens is 268 g/mol. The van der Waals surface area contributed by atoms with E-state index in [2.05, 4.69) is 87.5 Å². The van der Waals surface area contributed by atoms with Crippen molar-refractivity contribution < 1.29 is 0 Å². The molecule has 0 saturated carbocycles. The largest absolute Gasteiger partial charge is 0.113 e. The molecule has 21 heavy (non-hydrogen) atoms. The monoisotopic (exact) mass is 290 g/mol. The summed E-state index contributed by atoms with van der Waals surface area (Å²) < 4.78 is 0. The predicted octanol–water partition coefficient (Wildman–Crippen LogP) is 3.69. The van der Waals surface area contributed by atoms with Gasteiger partial charge in [-0.05, 0) is 20.8 Å². The van der Waals surface area contributed by atoms with Crippen molar-refractivity contribution >= 4 is 19.2 Å². The average Bonchev–Trinajstić information content (AvgIpc) is 2.76. The molecule has 2 aromatic rings. The van der Waals surface area contributed by atoms with Gasteiger partial charge in [0.15, 0.2) is 0 Å². The highest BCUT2D eigenvalue weighted by Gasteiger charge is 2.32. The van der Waals surface area contributed by atoms with Crippen LogP contribution >= 0.6 is 0 Å². The van der Waals surface area contributed by atoms with Crippen LogP contribution in [0.3, 0.4) is 0 Å². The third-order valence-electron chi connectivity index (χ3n) is 4.67. The Labute approximate surface area is 129 Å². The van der Waals surface area contributed by atoms with Crippen molar-refractivity contribution in [3.8, 4) is 0 Å². The maximum Gasteiger partial charge on any atom is 0.113 e. The molecule has 0 fully saturated rings. The van der Waals surface area contributed by atoms with E-state index in [4.69, 9.17) is 0 Å². The molecule has 0 heterocycles. The summed E-state index contributed by atoms with van der Waals surface area (Å²) in [6.45, 7) is 6.87. The number of rotatable bonds is 3. The van der Waals surface area contributed by atoms with Gasteiger partial charge < -0.3 is 0 Å². The lowest BCUT2D eigenvalue weighted by Crippen LogP contribution is -2.46. The Hall–Kier alpha value is -1.86. The van der Waals surface area contributed by atoms with Gasteiger partial charge in [0.1, 0.15) is 8.80 Å². The van der Waals surface area contributed by atoms with Gasteiger partial charge in [0.2, 0.25) is 0 Å². The Balaban J connectivity index is 2.13. The van der Waals surface area contributed by atoms with Gasteiger partial charge in [-0.15, -0.1) is 0 Å². The third kappa shape index (κ3) is 2.66. The van der Waals surface area contributed by atoms with Crippen molar-refractivity contribution in [2.45, 2.75) is 26.3 Å². The summed E-state index contributed by atoms with van der Waals surface area (Å²) in [6, 6.07) is 22.2. The number of hydrogen-bond acceptors (Lipinski definition) is 0. The second-order valence-corrected chi connectivity index (χ2v) is 8.99. The maximum atomic E-state index is 2.38. The topological polar surface area (TPSA) is 0 Å². The second kappa shape index (κ2) is 5.86. The van der Waals surface area contributed by atoms with E-state index in [0.29, 0.717) is 5.54 Å². The number of benzene rings is 2. The molecular formula is C20H22Si. The van der Waals surface area contributed by atoms with Crippen LogP contribution < -0.4 is 10.4 Å². The third-order valence-corrected chi connectivity index (χ3v) is 8.57. The van der Waals surface area contributed by atoms with Crippen molar-refractivity contribution in [2.24, 2.45) is 0 Å². The van der Waals surface area contributed by atoms with Crippen molar-refractivity contribution in [1.29, 1.82) is 0 Å². The summed E-state index contributed by atoms with van der Waals surface area (Å²) in [7, 11) is -1.28. The molecule has 0 N–H and O–H groups in total. The molecule has 3 rings (SSSR count). The van der Waals surface area contributed by atoms with Crippen LogP contribution in [0.15, 0.2) is 83.5 Å². The SMILES string of the molecule is CC1=CC(C)=C(C)C1[SiH](c1ccccc1)c1ccccc1. The average molecular weight is 290 g/mol.